The third-order valence-corrected chi connectivity index (χ3v) is 4.09. The number of carbonyl (C=O) groups excluding carboxylic acids is 1. The van der Waals surface area contributed by atoms with E-state index < -0.39 is 5.95 Å². The SMILES string of the molecule is O=Cc1c(-c2ccc(NC3CC3)nc2F)nn2c1OCCCC2. The van der Waals surface area contributed by atoms with Crippen LogP contribution in [0.5, 0.6) is 5.88 Å². The molecule has 3 heterocycles. The Morgan fingerprint density at radius 1 is 1.35 bits per heavy atom. The maximum absolute atomic E-state index is 14.4. The number of carbonyl (C=O) groups is 1. The topological polar surface area (TPSA) is 69.0 Å². The van der Waals surface area contributed by atoms with Gasteiger partial charge in [0.05, 0.1) is 12.2 Å². The highest BCUT2D eigenvalue weighted by Gasteiger charge is 2.25. The summed E-state index contributed by atoms with van der Waals surface area (Å²) in [5.41, 5.74) is 0.799. The average Bonchev–Trinajstić information content (AvgIpc) is 3.32. The molecule has 0 saturated heterocycles. The van der Waals surface area contributed by atoms with Crippen molar-refractivity contribution in [3.8, 4) is 17.1 Å². The van der Waals surface area contributed by atoms with Crippen molar-refractivity contribution in [3.63, 3.8) is 0 Å². The van der Waals surface area contributed by atoms with E-state index in [-0.39, 0.29) is 11.1 Å². The Morgan fingerprint density at radius 2 is 2.22 bits per heavy atom. The molecule has 0 atom stereocenters. The Hall–Kier alpha value is -2.44. The summed E-state index contributed by atoms with van der Waals surface area (Å²) in [6.07, 6.45) is 4.68. The third kappa shape index (κ3) is 2.67. The number of hydrogen-bond donors (Lipinski definition) is 1. The number of hydrogen-bond acceptors (Lipinski definition) is 5. The first-order chi connectivity index (χ1) is 11.3. The van der Waals surface area contributed by atoms with Crippen LogP contribution in [0.3, 0.4) is 0 Å². The number of fused-ring (bicyclic) bond motifs is 1. The molecule has 4 rings (SSSR count). The predicted octanol–water partition coefficient (Wildman–Crippen LogP) is 2.64. The molecule has 0 amide bonds. The van der Waals surface area contributed by atoms with Crippen molar-refractivity contribution in [2.24, 2.45) is 0 Å². The standard InChI is InChI=1S/C16H17FN4O2/c17-15-11(5-6-13(19-15)18-10-3-4-10)14-12(9-22)16-21(20-14)7-1-2-8-23-16/h5-6,9-10H,1-4,7-8H2,(H,18,19). The van der Waals surface area contributed by atoms with Crippen molar-refractivity contribution in [1.82, 2.24) is 14.8 Å². The second-order valence-electron chi connectivity index (χ2n) is 5.92. The lowest BCUT2D eigenvalue weighted by Gasteiger charge is -2.06. The molecule has 0 radical (unpaired) electrons. The number of aromatic nitrogens is 3. The van der Waals surface area contributed by atoms with Crippen LogP contribution in [0.1, 0.15) is 36.0 Å². The minimum atomic E-state index is -0.632. The number of aldehydes is 1. The minimum Gasteiger partial charge on any atom is -0.477 e. The van der Waals surface area contributed by atoms with Gasteiger partial charge in [0.15, 0.2) is 6.29 Å². The van der Waals surface area contributed by atoms with Crippen LogP contribution in [0.2, 0.25) is 0 Å². The van der Waals surface area contributed by atoms with E-state index in [0.717, 1.165) is 25.7 Å². The third-order valence-electron chi connectivity index (χ3n) is 4.09. The largest absolute Gasteiger partial charge is 0.477 e. The fraction of sp³-hybridized carbons (Fsp3) is 0.438. The van der Waals surface area contributed by atoms with Gasteiger partial charge in [0.2, 0.25) is 11.8 Å². The Morgan fingerprint density at radius 3 is 2.96 bits per heavy atom. The molecule has 1 saturated carbocycles. The fourth-order valence-corrected chi connectivity index (χ4v) is 2.73. The molecule has 2 aliphatic rings. The Bertz CT molecular complexity index is 755. The van der Waals surface area contributed by atoms with Crippen LogP contribution in [-0.2, 0) is 6.54 Å². The number of nitrogens with one attached hydrogen (secondary N) is 1. The van der Waals surface area contributed by atoms with Gasteiger partial charge in [-0.15, -0.1) is 0 Å². The van der Waals surface area contributed by atoms with Gasteiger partial charge >= 0.3 is 0 Å². The molecule has 2 aromatic heterocycles. The van der Waals surface area contributed by atoms with Gasteiger partial charge in [0, 0.05) is 12.6 Å². The van der Waals surface area contributed by atoms with E-state index >= 15 is 0 Å². The first kappa shape index (κ1) is 14.2. The maximum Gasteiger partial charge on any atom is 0.224 e. The van der Waals surface area contributed by atoms with Crippen LogP contribution in [-0.4, -0.2) is 33.7 Å². The first-order valence-corrected chi connectivity index (χ1v) is 7.88. The van der Waals surface area contributed by atoms with Crippen molar-refractivity contribution in [3.05, 3.63) is 23.6 Å². The van der Waals surface area contributed by atoms with Crippen molar-refractivity contribution in [1.29, 1.82) is 0 Å². The summed E-state index contributed by atoms with van der Waals surface area (Å²) in [6.45, 7) is 1.20. The van der Waals surface area contributed by atoms with E-state index in [4.69, 9.17) is 4.74 Å². The monoisotopic (exact) mass is 316 g/mol. The molecule has 1 aliphatic carbocycles. The van der Waals surface area contributed by atoms with Gasteiger partial charge in [-0.3, -0.25) is 4.79 Å². The highest BCUT2D eigenvalue weighted by atomic mass is 19.1. The fourth-order valence-electron chi connectivity index (χ4n) is 2.73. The molecular formula is C16H17FN4O2. The molecule has 6 nitrogen and oxygen atoms in total. The summed E-state index contributed by atoms with van der Waals surface area (Å²) in [6, 6.07) is 3.73. The lowest BCUT2D eigenvalue weighted by molar-refractivity contribution is 0.112. The van der Waals surface area contributed by atoms with Gasteiger partial charge in [0.25, 0.3) is 0 Å². The van der Waals surface area contributed by atoms with Crippen LogP contribution in [0.15, 0.2) is 12.1 Å². The van der Waals surface area contributed by atoms with Crippen molar-refractivity contribution in [2.75, 3.05) is 11.9 Å². The van der Waals surface area contributed by atoms with Crippen LogP contribution < -0.4 is 10.1 Å². The molecule has 2 aromatic rings. The molecule has 23 heavy (non-hydrogen) atoms. The molecule has 0 unspecified atom stereocenters. The van der Waals surface area contributed by atoms with Crippen LogP contribution in [0, 0.1) is 5.95 Å². The smallest absolute Gasteiger partial charge is 0.224 e. The zero-order chi connectivity index (χ0) is 15.8. The number of halogens is 1. The number of rotatable bonds is 4. The number of ether oxygens (including phenoxy) is 1. The highest BCUT2D eigenvalue weighted by molar-refractivity contribution is 5.89. The van der Waals surface area contributed by atoms with E-state index in [2.05, 4.69) is 15.4 Å². The zero-order valence-corrected chi connectivity index (χ0v) is 12.6. The van der Waals surface area contributed by atoms with E-state index in [0.29, 0.717) is 42.9 Å². The van der Waals surface area contributed by atoms with Gasteiger partial charge in [-0.25, -0.2) is 9.67 Å². The molecule has 1 fully saturated rings. The number of anilines is 1. The highest BCUT2D eigenvalue weighted by Crippen LogP contribution is 2.33. The van der Waals surface area contributed by atoms with Crippen LogP contribution in [0.4, 0.5) is 10.2 Å². The predicted molar refractivity (Wildman–Crippen MR) is 82.2 cm³/mol. The molecular weight excluding hydrogens is 299 g/mol. The van der Waals surface area contributed by atoms with Crippen molar-refractivity contribution in [2.45, 2.75) is 38.3 Å². The molecule has 0 spiro atoms. The summed E-state index contributed by atoms with van der Waals surface area (Å²) in [7, 11) is 0. The average molecular weight is 316 g/mol. The molecule has 120 valence electrons. The van der Waals surface area contributed by atoms with Gasteiger partial charge in [-0.2, -0.15) is 9.49 Å². The van der Waals surface area contributed by atoms with Gasteiger partial charge in [-0.05, 0) is 37.8 Å². The molecule has 1 N–H and O–H groups in total. The molecule has 1 aliphatic heterocycles. The van der Waals surface area contributed by atoms with Crippen LogP contribution in [0.25, 0.3) is 11.3 Å². The lowest BCUT2D eigenvalue weighted by Crippen LogP contribution is -2.05. The van der Waals surface area contributed by atoms with Gasteiger partial charge in [-0.1, -0.05) is 0 Å². The quantitative estimate of drug-likeness (QED) is 0.694. The van der Waals surface area contributed by atoms with E-state index in [9.17, 15) is 9.18 Å². The summed E-state index contributed by atoms with van der Waals surface area (Å²) in [5.74, 6) is 0.303. The molecule has 0 aromatic carbocycles. The Kier molecular flexibility index (Phi) is 3.48. The van der Waals surface area contributed by atoms with Crippen molar-refractivity contribution < 1.29 is 13.9 Å². The normalized spacial score (nSPS) is 17.1. The summed E-state index contributed by atoms with van der Waals surface area (Å²) < 4.78 is 21.7. The van der Waals surface area contributed by atoms with Crippen molar-refractivity contribution >= 4 is 12.1 Å². The summed E-state index contributed by atoms with van der Waals surface area (Å²) in [5, 5.41) is 7.53. The zero-order valence-electron chi connectivity index (χ0n) is 12.6. The number of nitrogens with zero attached hydrogens (tertiary/aromatic N) is 3. The molecule has 0 bridgehead atoms. The second kappa shape index (κ2) is 5.64. The molecule has 7 heteroatoms. The van der Waals surface area contributed by atoms with E-state index in [1.54, 1.807) is 16.8 Å². The van der Waals surface area contributed by atoms with E-state index in [1.165, 1.54) is 0 Å². The number of pyridine rings is 1. The Labute approximate surface area is 132 Å². The number of aryl methyl sites for hydroxylation is 1. The maximum atomic E-state index is 14.4. The van der Waals surface area contributed by atoms with E-state index in [1.807, 2.05) is 0 Å². The van der Waals surface area contributed by atoms with Crippen LogP contribution >= 0.6 is 0 Å². The lowest BCUT2D eigenvalue weighted by atomic mass is 10.1. The van der Waals surface area contributed by atoms with Gasteiger partial charge in [0.1, 0.15) is 17.1 Å². The first-order valence-electron chi connectivity index (χ1n) is 7.88. The minimum absolute atomic E-state index is 0.220. The summed E-state index contributed by atoms with van der Waals surface area (Å²) >= 11 is 0. The Balaban J connectivity index is 1.73. The van der Waals surface area contributed by atoms with Gasteiger partial charge < -0.3 is 10.1 Å². The second-order valence-corrected chi connectivity index (χ2v) is 5.92. The summed E-state index contributed by atoms with van der Waals surface area (Å²) in [4.78, 5) is 15.4.